The summed E-state index contributed by atoms with van der Waals surface area (Å²) in [5.74, 6) is 0.478. The van der Waals surface area contributed by atoms with Crippen molar-refractivity contribution in [1.82, 2.24) is 4.98 Å². The maximum atomic E-state index is 11.8. The van der Waals surface area contributed by atoms with Gasteiger partial charge in [-0.1, -0.05) is 54.0 Å². The van der Waals surface area contributed by atoms with E-state index in [9.17, 15) is 4.79 Å². The zero-order chi connectivity index (χ0) is 16.6. The Morgan fingerprint density at radius 1 is 1.09 bits per heavy atom. The summed E-state index contributed by atoms with van der Waals surface area (Å²) in [5, 5.41) is 0.275. The van der Waals surface area contributed by atoms with Gasteiger partial charge in [0.15, 0.2) is 0 Å². The highest BCUT2D eigenvalue weighted by Gasteiger charge is 2.13. The molecule has 0 spiro atoms. The van der Waals surface area contributed by atoms with E-state index in [1.54, 1.807) is 6.07 Å². The van der Waals surface area contributed by atoms with E-state index in [4.69, 9.17) is 11.6 Å². The minimum absolute atomic E-state index is 0.473. The third-order valence-electron chi connectivity index (χ3n) is 3.86. The predicted molar refractivity (Wildman–Crippen MR) is 99.2 cm³/mol. The fourth-order valence-corrected chi connectivity index (χ4v) is 3.06. The van der Waals surface area contributed by atoms with Gasteiger partial charge < -0.3 is 0 Å². The highest BCUT2D eigenvalue weighted by molar-refractivity contribution is 9.10. The van der Waals surface area contributed by atoms with Crippen molar-refractivity contribution in [1.29, 1.82) is 0 Å². The lowest BCUT2D eigenvalue weighted by atomic mass is 9.99. The Hall–Kier alpha value is -1.71. The Kier molecular flexibility index (Phi) is 4.51. The van der Waals surface area contributed by atoms with Crippen molar-refractivity contribution in [3.63, 3.8) is 0 Å². The van der Waals surface area contributed by atoms with Gasteiger partial charge in [0.1, 0.15) is 0 Å². The molecular weight excluding hydrogens is 374 g/mol. The summed E-state index contributed by atoms with van der Waals surface area (Å²) in [5.41, 5.74) is 4.22. The smallest absolute Gasteiger partial charge is 0.253 e. The summed E-state index contributed by atoms with van der Waals surface area (Å²) in [4.78, 5) is 16.5. The van der Waals surface area contributed by atoms with E-state index in [1.807, 2.05) is 30.3 Å². The Balaban J connectivity index is 2.18. The third kappa shape index (κ3) is 3.31. The van der Waals surface area contributed by atoms with Crippen LogP contribution in [0.1, 0.15) is 35.7 Å². The molecule has 1 aromatic heterocycles. The van der Waals surface area contributed by atoms with Crippen molar-refractivity contribution in [2.45, 2.75) is 19.8 Å². The van der Waals surface area contributed by atoms with Gasteiger partial charge >= 0.3 is 0 Å². The number of nitrogens with zero attached hydrogens (tertiary/aromatic N) is 1. The SMILES string of the molecule is CC(C)c1ccc(-c2cc(C(=O)Cl)c3cc(Br)ccc3n2)cc1. The quantitative estimate of drug-likeness (QED) is 0.502. The normalized spacial score (nSPS) is 11.2. The topological polar surface area (TPSA) is 30.0 Å². The number of aromatic nitrogens is 1. The van der Waals surface area contributed by atoms with Gasteiger partial charge in [0, 0.05) is 21.0 Å². The standard InChI is InChI=1S/C19H15BrClNO/c1-11(2)12-3-5-13(6-4-12)18-10-16(19(21)23)15-9-14(20)7-8-17(15)22-18/h3-11H,1-2H3. The second kappa shape index (κ2) is 6.42. The molecule has 0 radical (unpaired) electrons. The molecule has 4 heteroatoms. The zero-order valence-electron chi connectivity index (χ0n) is 12.8. The highest BCUT2D eigenvalue weighted by Crippen LogP contribution is 2.29. The summed E-state index contributed by atoms with van der Waals surface area (Å²) in [6.07, 6.45) is 0. The van der Waals surface area contributed by atoms with Crippen LogP contribution < -0.4 is 0 Å². The van der Waals surface area contributed by atoms with Crippen LogP contribution in [0.2, 0.25) is 0 Å². The lowest BCUT2D eigenvalue weighted by molar-refractivity contribution is 0.108. The van der Waals surface area contributed by atoms with E-state index in [0.29, 0.717) is 11.5 Å². The van der Waals surface area contributed by atoms with E-state index in [2.05, 4.69) is 46.9 Å². The molecule has 0 N–H and O–H groups in total. The number of hydrogen-bond acceptors (Lipinski definition) is 2. The molecule has 0 bridgehead atoms. The minimum atomic E-state index is -0.476. The first-order valence-electron chi connectivity index (χ1n) is 7.36. The van der Waals surface area contributed by atoms with Gasteiger partial charge in [-0.25, -0.2) is 4.98 Å². The third-order valence-corrected chi connectivity index (χ3v) is 4.55. The van der Waals surface area contributed by atoms with Crippen LogP contribution >= 0.6 is 27.5 Å². The molecule has 23 heavy (non-hydrogen) atoms. The van der Waals surface area contributed by atoms with Crippen molar-refractivity contribution in [3.8, 4) is 11.3 Å². The van der Waals surface area contributed by atoms with Crippen LogP contribution in [0, 0.1) is 0 Å². The largest absolute Gasteiger partial charge is 0.276 e. The molecule has 3 rings (SSSR count). The molecule has 0 amide bonds. The van der Waals surface area contributed by atoms with Gasteiger partial charge in [-0.05, 0) is 47.3 Å². The first kappa shape index (κ1) is 16.2. The number of fused-ring (bicyclic) bond motifs is 1. The van der Waals surface area contributed by atoms with Gasteiger partial charge in [-0.3, -0.25) is 4.79 Å². The maximum Gasteiger partial charge on any atom is 0.253 e. The van der Waals surface area contributed by atoms with Crippen LogP contribution in [-0.2, 0) is 0 Å². The van der Waals surface area contributed by atoms with Crippen LogP contribution in [0.3, 0.4) is 0 Å². The molecule has 0 aliphatic rings. The molecule has 2 aromatic carbocycles. The maximum absolute atomic E-state index is 11.8. The van der Waals surface area contributed by atoms with E-state index < -0.39 is 5.24 Å². The van der Waals surface area contributed by atoms with E-state index in [1.165, 1.54) is 5.56 Å². The number of halogens is 2. The number of hydrogen-bond donors (Lipinski definition) is 0. The Morgan fingerprint density at radius 2 is 1.78 bits per heavy atom. The molecule has 2 nitrogen and oxygen atoms in total. The second-order valence-corrected chi connectivity index (χ2v) is 7.03. The summed E-state index contributed by atoms with van der Waals surface area (Å²) in [7, 11) is 0. The number of benzene rings is 2. The van der Waals surface area contributed by atoms with Gasteiger partial charge in [-0.15, -0.1) is 0 Å². The molecule has 3 aromatic rings. The van der Waals surface area contributed by atoms with Gasteiger partial charge in [0.25, 0.3) is 5.24 Å². The average Bonchev–Trinajstić information content (AvgIpc) is 2.53. The van der Waals surface area contributed by atoms with E-state index in [-0.39, 0.29) is 0 Å². The first-order chi connectivity index (χ1) is 11.0. The average molecular weight is 389 g/mol. The van der Waals surface area contributed by atoms with Crippen LogP contribution in [-0.4, -0.2) is 10.2 Å². The van der Waals surface area contributed by atoms with Gasteiger partial charge in [0.05, 0.1) is 11.2 Å². The molecule has 0 fully saturated rings. The Bertz CT molecular complexity index is 888. The lowest BCUT2D eigenvalue weighted by Crippen LogP contribution is -1.96. The highest BCUT2D eigenvalue weighted by atomic mass is 79.9. The van der Waals surface area contributed by atoms with Crippen molar-refractivity contribution in [2.75, 3.05) is 0 Å². The van der Waals surface area contributed by atoms with Gasteiger partial charge in [0.2, 0.25) is 0 Å². The molecule has 0 saturated carbocycles. The fraction of sp³-hybridized carbons (Fsp3) is 0.158. The summed E-state index contributed by atoms with van der Waals surface area (Å²) < 4.78 is 0.889. The molecule has 0 unspecified atom stereocenters. The van der Waals surface area contributed by atoms with Crippen LogP contribution in [0.15, 0.2) is 53.0 Å². The molecule has 0 atom stereocenters. The number of rotatable bonds is 3. The molecule has 1 heterocycles. The minimum Gasteiger partial charge on any atom is -0.276 e. The van der Waals surface area contributed by atoms with Crippen molar-refractivity contribution in [3.05, 3.63) is 64.1 Å². The van der Waals surface area contributed by atoms with E-state index >= 15 is 0 Å². The number of carbonyl (C=O) groups excluding carboxylic acids is 1. The van der Waals surface area contributed by atoms with Crippen LogP contribution in [0.5, 0.6) is 0 Å². The van der Waals surface area contributed by atoms with Crippen molar-refractivity contribution in [2.24, 2.45) is 0 Å². The molecule has 0 aliphatic carbocycles. The lowest BCUT2D eigenvalue weighted by Gasteiger charge is -2.09. The van der Waals surface area contributed by atoms with E-state index in [0.717, 1.165) is 26.6 Å². The first-order valence-corrected chi connectivity index (χ1v) is 8.53. The van der Waals surface area contributed by atoms with Crippen LogP contribution in [0.25, 0.3) is 22.2 Å². The molecule has 116 valence electrons. The molecule has 0 aliphatic heterocycles. The Labute approximate surface area is 148 Å². The number of pyridine rings is 1. The number of carbonyl (C=O) groups is 1. The summed E-state index contributed by atoms with van der Waals surface area (Å²) in [6, 6.07) is 15.7. The molecular formula is C19H15BrClNO. The van der Waals surface area contributed by atoms with Crippen molar-refractivity contribution >= 4 is 43.7 Å². The zero-order valence-corrected chi connectivity index (χ0v) is 15.1. The Morgan fingerprint density at radius 3 is 2.39 bits per heavy atom. The summed E-state index contributed by atoms with van der Waals surface area (Å²) >= 11 is 9.20. The predicted octanol–water partition coefficient (Wildman–Crippen LogP) is 6.17. The van der Waals surface area contributed by atoms with Gasteiger partial charge in [-0.2, -0.15) is 0 Å². The van der Waals surface area contributed by atoms with Crippen molar-refractivity contribution < 1.29 is 4.79 Å². The fourth-order valence-electron chi connectivity index (χ4n) is 2.55. The molecule has 0 saturated heterocycles. The second-order valence-electron chi connectivity index (χ2n) is 5.77. The van der Waals surface area contributed by atoms with Crippen LogP contribution in [0.4, 0.5) is 0 Å². The monoisotopic (exact) mass is 387 g/mol. The summed E-state index contributed by atoms with van der Waals surface area (Å²) in [6.45, 7) is 4.32.